The van der Waals surface area contributed by atoms with Crippen LogP contribution in [0.15, 0.2) is 28.2 Å². The lowest BCUT2D eigenvalue weighted by molar-refractivity contribution is -0.385. The smallest absolute Gasteiger partial charge is 0.341 e. The topological polar surface area (TPSA) is 73.8 Å². The van der Waals surface area contributed by atoms with E-state index in [1.54, 1.807) is 13.0 Å². The molecule has 0 unspecified atom stereocenters. The molecule has 6 nitrogen and oxygen atoms in total. The summed E-state index contributed by atoms with van der Waals surface area (Å²) in [5.74, 6) is -0.638. The third-order valence-corrected chi connectivity index (χ3v) is 2.80. The highest BCUT2D eigenvalue weighted by Gasteiger charge is 2.18. The van der Waals surface area contributed by atoms with Gasteiger partial charge in [-0.25, -0.2) is 11.4 Å². The Labute approximate surface area is 124 Å². The van der Waals surface area contributed by atoms with Crippen LogP contribution in [0.25, 0.3) is 10.9 Å². The number of carbonyl (C=O) groups is 1. The average molecular weight is 339 g/mol. The first kappa shape index (κ1) is 15.9. The van der Waals surface area contributed by atoms with Gasteiger partial charge in [0.25, 0.3) is 5.69 Å². The minimum atomic E-state index is -0.638. The summed E-state index contributed by atoms with van der Waals surface area (Å²) in [7, 11) is 0. The molecule has 104 valence electrons. The van der Waals surface area contributed by atoms with Gasteiger partial charge in [-0.1, -0.05) is 15.9 Å². The van der Waals surface area contributed by atoms with Crippen LogP contribution in [-0.4, -0.2) is 24.0 Å². The third kappa shape index (κ3) is 4.17. The number of ether oxygens (including phenoxy) is 1. The molecule has 0 spiro atoms. The second-order valence-electron chi connectivity index (χ2n) is 3.67. The van der Waals surface area contributed by atoms with E-state index in [0.717, 1.165) is 0 Å². The molecule has 0 bridgehead atoms. The molecule has 0 heterocycles. The molecule has 0 aliphatic rings. The monoisotopic (exact) mass is 338 g/mol. The summed E-state index contributed by atoms with van der Waals surface area (Å²) in [4.78, 5) is 25.2. The van der Waals surface area contributed by atoms with E-state index in [1.807, 2.05) is 0 Å². The number of nitrogens with zero attached hydrogens (tertiary/aromatic N) is 2. The molecule has 1 rings (SSSR count). The quantitative estimate of drug-likeness (QED) is 0.271. The fourth-order valence-electron chi connectivity index (χ4n) is 1.46. The standard InChI is InChI=1S/C13H11BrN2O4/c1-3-20-13(17)10(8-15-2)6-9-4-5-11(14)7-12(9)16(18)19/h4-7H,3,8H2,1H3/b10-6+. The first-order valence-electron chi connectivity index (χ1n) is 5.64. The fraction of sp³-hybridized carbons (Fsp3) is 0.231. The van der Waals surface area contributed by atoms with Gasteiger partial charge in [-0.15, -0.1) is 0 Å². The van der Waals surface area contributed by atoms with Crippen LogP contribution in [0, 0.1) is 16.7 Å². The molecular weight excluding hydrogens is 328 g/mol. The Bertz CT molecular complexity index is 605. The summed E-state index contributed by atoms with van der Waals surface area (Å²) in [5, 5.41) is 11.0. The van der Waals surface area contributed by atoms with Gasteiger partial charge >= 0.3 is 5.97 Å². The van der Waals surface area contributed by atoms with Crippen molar-refractivity contribution in [3.63, 3.8) is 0 Å². The van der Waals surface area contributed by atoms with E-state index >= 15 is 0 Å². The molecule has 0 aliphatic carbocycles. The summed E-state index contributed by atoms with van der Waals surface area (Å²) in [5.41, 5.74) is 0.198. The van der Waals surface area contributed by atoms with Crippen LogP contribution in [-0.2, 0) is 9.53 Å². The fourth-order valence-corrected chi connectivity index (χ4v) is 1.81. The van der Waals surface area contributed by atoms with Crippen molar-refractivity contribution < 1.29 is 14.5 Å². The number of hydrogen-bond donors (Lipinski definition) is 0. The van der Waals surface area contributed by atoms with Gasteiger partial charge in [-0.2, -0.15) is 0 Å². The van der Waals surface area contributed by atoms with Crippen molar-refractivity contribution in [2.24, 2.45) is 0 Å². The summed E-state index contributed by atoms with van der Waals surface area (Å²) in [6.45, 7) is 8.47. The van der Waals surface area contributed by atoms with Crippen LogP contribution in [0.4, 0.5) is 5.69 Å². The molecule has 0 aromatic heterocycles. The number of nitro groups is 1. The van der Waals surface area contributed by atoms with Crippen molar-refractivity contribution in [1.82, 2.24) is 0 Å². The maximum absolute atomic E-state index is 11.7. The van der Waals surface area contributed by atoms with Gasteiger partial charge in [0.2, 0.25) is 6.54 Å². The normalized spacial score (nSPS) is 10.8. The summed E-state index contributed by atoms with van der Waals surface area (Å²) < 4.78 is 5.38. The number of benzene rings is 1. The second kappa shape index (κ2) is 7.40. The molecule has 20 heavy (non-hydrogen) atoms. The van der Waals surface area contributed by atoms with Crippen molar-refractivity contribution in [2.75, 3.05) is 13.2 Å². The van der Waals surface area contributed by atoms with E-state index in [2.05, 4.69) is 20.8 Å². The Morgan fingerprint density at radius 2 is 2.30 bits per heavy atom. The van der Waals surface area contributed by atoms with Crippen LogP contribution in [0.2, 0.25) is 0 Å². The zero-order valence-electron chi connectivity index (χ0n) is 10.6. The van der Waals surface area contributed by atoms with E-state index in [-0.39, 0.29) is 30.0 Å². The molecule has 7 heteroatoms. The van der Waals surface area contributed by atoms with Crippen LogP contribution in [0.5, 0.6) is 0 Å². The summed E-state index contributed by atoms with van der Waals surface area (Å²) >= 11 is 3.15. The minimum Gasteiger partial charge on any atom is -0.462 e. The number of hydrogen-bond acceptors (Lipinski definition) is 4. The molecule has 0 atom stereocenters. The van der Waals surface area contributed by atoms with Gasteiger partial charge in [0.1, 0.15) is 5.57 Å². The Balaban J connectivity index is 3.27. The van der Waals surface area contributed by atoms with Crippen molar-refractivity contribution in [3.8, 4) is 0 Å². The van der Waals surface area contributed by atoms with Gasteiger partial charge in [-0.05, 0) is 25.1 Å². The number of nitro benzene ring substituents is 1. The van der Waals surface area contributed by atoms with Gasteiger partial charge in [-0.3, -0.25) is 10.1 Å². The third-order valence-electron chi connectivity index (χ3n) is 2.31. The van der Waals surface area contributed by atoms with Crippen LogP contribution < -0.4 is 0 Å². The summed E-state index contributed by atoms with van der Waals surface area (Å²) in [6.07, 6.45) is 1.32. The highest BCUT2D eigenvalue weighted by atomic mass is 79.9. The molecule has 1 aromatic rings. The number of halogens is 1. The van der Waals surface area contributed by atoms with Gasteiger partial charge in [0.05, 0.1) is 17.1 Å². The maximum Gasteiger partial charge on any atom is 0.341 e. The predicted molar refractivity (Wildman–Crippen MR) is 76.9 cm³/mol. The minimum absolute atomic E-state index is 0.0901. The number of esters is 1. The van der Waals surface area contributed by atoms with Crippen LogP contribution in [0.1, 0.15) is 12.5 Å². The number of rotatable bonds is 5. The highest BCUT2D eigenvalue weighted by molar-refractivity contribution is 9.10. The van der Waals surface area contributed by atoms with Gasteiger partial charge in [0, 0.05) is 10.5 Å². The molecule has 0 N–H and O–H groups in total. The summed E-state index contributed by atoms with van der Waals surface area (Å²) in [6, 6.07) is 4.47. The Kier molecular flexibility index (Phi) is 5.87. The van der Waals surface area contributed by atoms with Crippen LogP contribution in [0.3, 0.4) is 0 Å². The molecule has 0 aliphatic heterocycles. The van der Waals surface area contributed by atoms with Crippen molar-refractivity contribution >= 4 is 33.7 Å². The molecule has 0 saturated carbocycles. The van der Waals surface area contributed by atoms with E-state index in [4.69, 9.17) is 11.3 Å². The Morgan fingerprint density at radius 1 is 1.60 bits per heavy atom. The van der Waals surface area contributed by atoms with Crippen molar-refractivity contribution in [1.29, 1.82) is 0 Å². The molecule has 0 fully saturated rings. The first-order chi connectivity index (χ1) is 9.49. The second-order valence-corrected chi connectivity index (χ2v) is 4.58. The molecule has 0 radical (unpaired) electrons. The Morgan fingerprint density at radius 3 is 2.85 bits per heavy atom. The van der Waals surface area contributed by atoms with E-state index in [9.17, 15) is 14.9 Å². The SMILES string of the molecule is [C-]#[N+]C/C(=C\c1ccc(Br)cc1[N+](=O)[O-])C(=O)OCC. The van der Waals surface area contributed by atoms with E-state index < -0.39 is 10.9 Å². The zero-order valence-corrected chi connectivity index (χ0v) is 12.2. The van der Waals surface area contributed by atoms with Gasteiger partial charge < -0.3 is 9.58 Å². The molecular formula is C13H11BrN2O4. The molecule has 0 saturated heterocycles. The molecule has 1 aromatic carbocycles. The van der Waals surface area contributed by atoms with Crippen molar-refractivity contribution in [2.45, 2.75) is 6.92 Å². The number of carbonyl (C=O) groups excluding carboxylic acids is 1. The average Bonchev–Trinajstić information content (AvgIpc) is 2.40. The van der Waals surface area contributed by atoms with E-state index in [1.165, 1.54) is 18.2 Å². The predicted octanol–water partition coefficient (Wildman–Crippen LogP) is 3.22. The lowest BCUT2D eigenvalue weighted by atomic mass is 10.1. The van der Waals surface area contributed by atoms with E-state index in [0.29, 0.717) is 4.47 Å². The zero-order chi connectivity index (χ0) is 15.1. The highest BCUT2D eigenvalue weighted by Crippen LogP contribution is 2.25. The van der Waals surface area contributed by atoms with Crippen molar-refractivity contribution in [3.05, 3.63) is 55.3 Å². The largest absolute Gasteiger partial charge is 0.462 e. The lowest BCUT2D eigenvalue weighted by Gasteiger charge is -2.03. The van der Waals surface area contributed by atoms with Gasteiger partial charge in [0.15, 0.2) is 0 Å². The lowest BCUT2D eigenvalue weighted by Crippen LogP contribution is -2.09. The maximum atomic E-state index is 11.7. The van der Waals surface area contributed by atoms with Crippen LogP contribution >= 0.6 is 15.9 Å². The first-order valence-corrected chi connectivity index (χ1v) is 6.43. The molecule has 0 amide bonds. The Hall–Kier alpha value is -2.20.